The van der Waals surface area contributed by atoms with Gasteiger partial charge in [-0.05, 0) is 58.4 Å². The molecular formula is C13H8BrClO3. The third kappa shape index (κ3) is 3.03. The van der Waals surface area contributed by atoms with Crippen molar-refractivity contribution in [2.45, 2.75) is 0 Å². The summed E-state index contributed by atoms with van der Waals surface area (Å²) in [4.78, 5) is 10.8. The molecule has 0 aliphatic heterocycles. The Morgan fingerprint density at radius 1 is 1.17 bits per heavy atom. The van der Waals surface area contributed by atoms with E-state index in [4.69, 9.17) is 21.4 Å². The summed E-state index contributed by atoms with van der Waals surface area (Å²) in [5, 5.41) is 9.47. The average Bonchev–Trinajstić information content (AvgIpc) is 2.34. The van der Waals surface area contributed by atoms with Crippen LogP contribution in [0.3, 0.4) is 0 Å². The highest BCUT2D eigenvalue weighted by Gasteiger charge is 2.08. The van der Waals surface area contributed by atoms with Crippen molar-refractivity contribution in [3.63, 3.8) is 0 Å². The minimum atomic E-state index is -0.978. The van der Waals surface area contributed by atoms with Crippen LogP contribution in [0, 0.1) is 0 Å². The Hall–Kier alpha value is -1.52. The quantitative estimate of drug-likeness (QED) is 0.896. The normalized spacial score (nSPS) is 10.1. The molecule has 0 unspecified atom stereocenters. The van der Waals surface area contributed by atoms with Crippen molar-refractivity contribution < 1.29 is 14.6 Å². The van der Waals surface area contributed by atoms with Crippen molar-refractivity contribution in [1.82, 2.24) is 0 Å². The molecule has 0 aliphatic carbocycles. The molecule has 0 heterocycles. The van der Waals surface area contributed by atoms with Crippen molar-refractivity contribution in [3.8, 4) is 11.5 Å². The summed E-state index contributed by atoms with van der Waals surface area (Å²) in [6.45, 7) is 0. The largest absolute Gasteiger partial charge is 0.478 e. The lowest BCUT2D eigenvalue weighted by molar-refractivity contribution is 0.0697. The molecule has 0 radical (unpaired) electrons. The fourth-order valence-electron chi connectivity index (χ4n) is 1.35. The highest BCUT2D eigenvalue weighted by Crippen LogP contribution is 2.30. The van der Waals surface area contributed by atoms with E-state index in [1.54, 1.807) is 30.3 Å². The fraction of sp³-hybridized carbons (Fsp3) is 0. The van der Waals surface area contributed by atoms with E-state index < -0.39 is 5.97 Å². The Labute approximate surface area is 117 Å². The van der Waals surface area contributed by atoms with E-state index in [1.165, 1.54) is 12.1 Å². The number of carbonyl (C=O) groups is 1. The molecule has 5 heteroatoms. The lowest BCUT2D eigenvalue weighted by atomic mass is 10.2. The Bertz CT molecular complexity index is 581. The van der Waals surface area contributed by atoms with Gasteiger partial charge in [0, 0.05) is 5.02 Å². The first kappa shape index (κ1) is 12.9. The Morgan fingerprint density at radius 3 is 2.39 bits per heavy atom. The van der Waals surface area contributed by atoms with Gasteiger partial charge in [0.2, 0.25) is 0 Å². The highest BCUT2D eigenvalue weighted by atomic mass is 79.9. The lowest BCUT2D eigenvalue weighted by Crippen LogP contribution is -1.96. The third-order valence-electron chi connectivity index (χ3n) is 2.22. The van der Waals surface area contributed by atoms with Gasteiger partial charge in [0.15, 0.2) is 0 Å². The van der Waals surface area contributed by atoms with E-state index in [-0.39, 0.29) is 5.56 Å². The molecule has 0 bridgehead atoms. The number of ether oxygens (including phenoxy) is 1. The molecule has 0 aromatic heterocycles. The van der Waals surface area contributed by atoms with Crippen LogP contribution < -0.4 is 4.74 Å². The Kier molecular flexibility index (Phi) is 3.89. The van der Waals surface area contributed by atoms with Crippen LogP contribution in [0.15, 0.2) is 46.9 Å². The van der Waals surface area contributed by atoms with Crippen LogP contribution >= 0.6 is 27.5 Å². The van der Waals surface area contributed by atoms with E-state index in [2.05, 4.69) is 15.9 Å². The summed E-state index contributed by atoms with van der Waals surface area (Å²) >= 11 is 9.04. The van der Waals surface area contributed by atoms with Crippen molar-refractivity contribution in [2.24, 2.45) is 0 Å². The molecule has 1 N–H and O–H groups in total. The van der Waals surface area contributed by atoms with Gasteiger partial charge in [0.05, 0.1) is 10.0 Å². The van der Waals surface area contributed by atoms with Crippen LogP contribution in [0.1, 0.15) is 10.4 Å². The zero-order valence-corrected chi connectivity index (χ0v) is 11.4. The molecule has 0 saturated heterocycles. The maximum absolute atomic E-state index is 10.8. The van der Waals surface area contributed by atoms with Gasteiger partial charge in [-0.3, -0.25) is 0 Å². The van der Waals surface area contributed by atoms with Gasteiger partial charge in [-0.1, -0.05) is 11.6 Å². The number of rotatable bonds is 3. The van der Waals surface area contributed by atoms with E-state index in [0.29, 0.717) is 21.0 Å². The fourth-order valence-corrected chi connectivity index (χ4v) is 1.93. The zero-order chi connectivity index (χ0) is 13.1. The number of hydrogen-bond donors (Lipinski definition) is 1. The number of aromatic carboxylic acids is 1. The number of hydrogen-bond acceptors (Lipinski definition) is 2. The van der Waals surface area contributed by atoms with E-state index >= 15 is 0 Å². The maximum Gasteiger partial charge on any atom is 0.335 e. The second-order valence-electron chi connectivity index (χ2n) is 3.51. The standard InChI is InChI=1S/C13H8BrClO3/c14-11-7-8(13(16)17)1-6-12(11)18-10-4-2-9(15)3-5-10/h1-7H,(H,16,17). The second-order valence-corrected chi connectivity index (χ2v) is 4.80. The highest BCUT2D eigenvalue weighted by molar-refractivity contribution is 9.10. The van der Waals surface area contributed by atoms with E-state index in [1.807, 2.05) is 0 Å². The molecule has 0 saturated carbocycles. The molecule has 2 rings (SSSR count). The molecule has 2 aromatic rings. The topological polar surface area (TPSA) is 46.5 Å². The van der Waals surface area contributed by atoms with Crippen LogP contribution in [0.25, 0.3) is 0 Å². The molecule has 0 amide bonds. The molecule has 0 spiro atoms. The molecule has 2 aromatic carbocycles. The Balaban J connectivity index is 2.24. The van der Waals surface area contributed by atoms with Crippen molar-refractivity contribution in [3.05, 3.63) is 57.5 Å². The van der Waals surface area contributed by atoms with Crippen LogP contribution in [0.2, 0.25) is 5.02 Å². The van der Waals surface area contributed by atoms with Gasteiger partial charge in [-0.15, -0.1) is 0 Å². The van der Waals surface area contributed by atoms with Crippen molar-refractivity contribution >= 4 is 33.5 Å². The third-order valence-corrected chi connectivity index (χ3v) is 3.09. The van der Waals surface area contributed by atoms with Crippen molar-refractivity contribution in [1.29, 1.82) is 0 Å². The van der Waals surface area contributed by atoms with Crippen LogP contribution in [0.4, 0.5) is 0 Å². The van der Waals surface area contributed by atoms with Gasteiger partial charge in [-0.25, -0.2) is 4.79 Å². The summed E-state index contributed by atoms with van der Waals surface area (Å²) < 4.78 is 6.18. The first-order chi connectivity index (χ1) is 8.56. The SMILES string of the molecule is O=C(O)c1ccc(Oc2ccc(Cl)cc2)c(Br)c1. The molecule has 18 heavy (non-hydrogen) atoms. The number of carboxylic acid groups (broad SMARTS) is 1. The van der Waals surface area contributed by atoms with Crippen LogP contribution in [-0.4, -0.2) is 11.1 Å². The predicted molar refractivity (Wildman–Crippen MR) is 72.6 cm³/mol. The number of halogens is 2. The van der Waals surface area contributed by atoms with Gasteiger partial charge >= 0.3 is 5.97 Å². The van der Waals surface area contributed by atoms with E-state index in [0.717, 1.165) is 0 Å². The first-order valence-electron chi connectivity index (χ1n) is 5.02. The molecular weight excluding hydrogens is 319 g/mol. The minimum Gasteiger partial charge on any atom is -0.478 e. The first-order valence-corrected chi connectivity index (χ1v) is 6.19. The summed E-state index contributed by atoms with van der Waals surface area (Å²) in [6, 6.07) is 11.5. The molecule has 92 valence electrons. The second kappa shape index (κ2) is 5.42. The maximum atomic E-state index is 10.8. The van der Waals surface area contributed by atoms with Gasteiger partial charge < -0.3 is 9.84 Å². The Morgan fingerprint density at radius 2 is 1.83 bits per heavy atom. The molecule has 3 nitrogen and oxygen atoms in total. The summed E-state index contributed by atoms with van der Waals surface area (Å²) in [7, 11) is 0. The van der Waals surface area contributed by atoms with Crippen LogP contribution in [-0.2, 0) is 0 Å². The lowest BCUT2D eigenvalue weighted by Gasteiger charge is -2.08. The van der Waals surface area contributed by atoms with Crippen LogP contribution in [0.5, 0.6) is 11.5 Å². The zero-order valence-electron chi connectivity index (χ0n) is 9.06. The van der Waals surface area contributed by atoms with E-state index in [9.17, 15) is 4.79 Å². The van der Waals surface area contributed by atoms with Gasteiger partial charge in [0.1, 0.15) is 11.5 Å². The number of benzene rings is 2. The van der Waals surface area contributed by atoms with Crippen molar-refractivity contribution in [2.75, 3.05) is 0 Å². The summed E-state index contributed by atoms with van der Waals surface area (Å²) in [5.74, 6) is 0.194. The minimum absolute atomic E-state index is 0.199. The number of carboxylic acids is 1. The summed E-state index contributed by atoms with van der Waals surface area (Å²) in [6.07, 6.45) is 0. The molecule has 0 aliphatic rings. The smallest absolute Gasteiger partial charge is 0.335 e. The van der Waals surface area contributed by atoms with Gasteiger partial charge in [-0.2, -0.15) is 0 Å². The molecule has 0 fully saturated rings. The average molecular weight is 328 g/mol. The predicted octanol–water partition coefficient (Wildman–Crippen LogP) is 4.59. The molecule has 0 atom stereocenters. The summed E-state index contributed by atoms with van der Waals surface area (Å²) in [5.41, 5.74) is 0.199. The monoisotopic (exact) mass is 326 g/mol. The van der Waals surface area contributed by atoms with Gasteiger partial charge in [0.25, 0.3) is 0 Å².